The first-order valence-corrected chi connectivity index (χ1v) is 6.83. The zero-order chi connectivity index (χ0) is 14.0. The second-order valence-electron chi connectivity index (χ2n) is 3.32. The highest BCUT2D eigenvalue weighted by Crippen LogP contribution is 2.29. The topological polar surface area (TPSA) is 85.1 Å². The maximum absolute atomic E-state index is 12.0. The number of benzene rings is 1. The molecular weight excluding hydrogens is 358 g/mol. The lowest BCUT2D eigenvalue weighted by Crippen LogP contribution is -2.13. The summed E-state index contributed by atoms with van der Waals surface area (Å²) >= 11 is 10.1. The van der Waals surface area contributed by atoms with E-state index in [0.717, 1.165) is 3.79 Å². The molecule has 1 aromatic heterocycles. The predicted molar refractivity (Wildman–Crippen MR) is 75.9 cm³/mol. The van der Waals surface area contributed by atoms with Crippen molar-refractivity contribution in [2.24, 2.45) is 0 Å². The van der Waals surface area contributed by atoms with Crippen LogP contribution < -0.4 is 5.32 Å². The Morgan fingerprint density at radius 1 is 1.53 bits per heavy atom. The summed E-state index contributed by atoms with van der Waals surface area (Å²) in [6, 6.07) is 4.17. The summed E-state index contributed by atoms with van der Waals surface area (Å²) in [7, 11) is 0. The highest BCUT2D eigenvalue weighted by Gasteiger charge is 2.24. The van der Waals surface area contributed by atoms with Crippen molar-refractivity contribution in [3.63, 3.8) is 0 Å². The molecule has 1 aromatic carbocycles. The van der Waals surface area contributed by atoms with Gasteiger partial charge < -0.3 is 0 Å². The lowest BCUT2D eigenvalue weighted by molar-refractivity contribution is -0.385. The number of nitro groups is 1. The van der Waals surface area contributed by atoms with Gasteiger partial charge in [0, 0.05) is 0 Å². The first-order chi connectivity index (χ1) is 8.99. The standard InChI is InChI=1S/C10H5BrClN3O3S/c11-7-4-13-10(19-7)14-9(16)5-2-1-3-6(12)8(5)15(17)18/h1-4H,(H,13,14,16). The van der Waals surface area contributed by atoms with Gasteiger partial charge in [-0.2, -0.15) is 0 Å². The minimum atomic E-state index is -0.686. The van der Waals surface area contributed by atoms with Crippen LogP contribution in [0.25, 0.3) is 0 Å². The molecule has 0 radical (unpaired) electrons. The third-order valence-corrected chi connectivity index (χ3v) is 3.81. The number of aromatic nitrogens is 1. The number of para-hydroxylation sites is 1. The number of nitro benzene ring substituents is 1. The van der Waals surface area contributed by atoms with Crippen molar-refractivity contribution in [3.8, 4) is 0 Å². The number of halogens is 2. The minimum absolute atomic E-state index is 0.0852. The molecule has 2 rings (SSSR count). The molecule has 0 bridgehead atoms. The van der Waals surface area contributed by atoms with Crippen molar-refractivity contribution >= 4 is 55.6 Å². The van der Waals surface area contributed by atoms with E-state index in [1.54, 1.807) is 0 Å². The van der Waals surface area contributed by atoms with Gasteiger partial charge in [0.2, 0.25) is 0 Å². The van der Waals surface area contributed by atoms with E-state index in [-0.39, 0.29) is 10.6 Å². The van der Waals surface area contributed by atoms with Crippen LogP contribution in [0.3, 0.4) is 0 Å². The molecule has 9 heteroatoms. The molecule has 0 aliphatic heterocycles. The van der Waals surface area contributed by atoms with Crippen molar-refractivity contribution in [1.29, 1.82) is 0 Å². The van der Waals surface area contributed by atoms with E-state index < -0.39 is 16.5 Å². The molecule has 6 nitrogen and oxygen atoms in total. The summed E-state index contributed by atoms with van der Waals surface area (Å²) in [6.07, 6.45) is 1.52. The van der Waals surface area contributed by atoms with Gasteiger partial charge >= 0.3 is 5.69 Å². The number of hydrogen-bond acceptors (Lipinski definition) is 5. The van der Waals surface area contributed by atoms with Crippen LogP contribution in [0.4, 0.5) is 10.8 Å². The molecule has 2 aromatic rings. The summed E-state index contributed by atoms with van der Waals surface area (Å²) in [6.45, 7) is 0. The first-order valence-electron chi connectivity index (χ1n) is 4.84. The smallest absolute Gasteiger partial charge is 0.298 e. The van der Waals surface area contributed by atoms with Crippen LogP contribution in [0.1, 0.15) is 10.4 Å². The predicted octanol–water partition coefficient (Wildman–Crippen LogP) is 3.72. The van der Waals surface area contributed by atoms with Crippen LogP contribution >= 0.6 is 38.9 Å². The van der Waals surface area contributed by atoms with Crippen molar-refractivity contribution in [2.75, 3.05) is 5.32 Å². The minimum Gasteiger partial charge on any atom is -0.298 e. The quantitative estimate of drug-likeness (QED) is 0.666. The molecule has 98 valence electrons. The fourth-order valence-corrected chi connectivity index (χ4v) is 2.71. The number of anilines is 1. The third kappa shape index (κ3) is 3.09. The SMILES string of the molecule is O=C(Nc1ncc(Br)s1)c1cccc(Cl)c1[N+](=O)[O-]. The summed E-state index contributed by atoms with van der Waals surface area (Å²) < 4.78 is 0.739. The summed E-state index contributed by atoms with van der Waals surface area (Å²) in [5, 5.41) is 13.7. The average molecular weight is 363 g/mol. The average Bonchev–Trinajstić information content (AvgIpc) is 2.73. The number of carbonyl (C=O) groups is 1. The number of rotatable bonds is 3. The maximum Gasteiger partial charge on any atom is 0.300 e. The van der Waals surface area contributed by atoms with E-state index in [2.05, 4.69) is 26.2 Å². The van der Waals surface area contributed by atoms with E-state index in [1.807, 2.05) is 0 Å². The van der Waals surface area contributed by atoms with Crippen LogP contribution in [-0.4, -0.2) is 15.8 Å². The Morgan fingerprint density at radius 2 is 2.26 bits per heavy atom. The van der Waals surface area contributed by atoms with Crippen LogP contribution in [-0.2, 0) is 0 Å². The number of carbonyl (C=O) groups excluding carboxylic acids is 1. The normalized spacial score (nSPS) is 10.2. The Labute approximate surface area is 124 Å². The Bertz CT molecular complexity index is 661. The van der Waals surface area contributed by atoms with E-state index in [1.165, 1.54) is 35.7 Å². The van der Waals surface area contributed by atoms with Gasteiger partial charge in [-0.3, -0.25) is 20.2 Å². The second kappa shape index (κ2) is 5.64. The molecule has 1 amide bonds. The number of thiazole rings is 1. The molecule has 0 atom stereocenters. The molecule has 19 heavy (non-hydrogen) atoms. The van der Waals surface area contributed by atoms with Gasteiger partial charge in [-0.25, -0.2) is 4.98 Å². The molecule has 0 saturated carbocycles. The van der Waals surface area contributed by atoms with Crippen LogP contribution in [0, 0.1) is 10.1 Å². The molecule has 0 spiro atoms. The van der Waals surface area contributed by atoms with E-state index in [4.69, 9.17) is 11.6 Å². The van der Waals surface area contributed by atoms with Gasteiger partial charge in [-0.1, -0.05) is 29.0 Å². The van der Waals surface area contributed by atoms with E-state index in [9.17, 15) is 14.9 Å². The fraction of sp³-hybridized carbons (Fsp3) is 0. The van der Waals surface area contributed by atoms with Crippen LogP contribution in [0.2, 0.25) is 5.02 Å². The largest absolute Gasteiger partial charge is 0.300 e. The zero-order valence-electron chi connectivity index (χ0n) is 9.09. The second-order valence-corrected chi connectivity index (χ2v) is 6.13. The Morgan fingerprint density at radius 3 is 2.84 bits per heavy atom. The zero-order valence-corrected chi connectivity index (χ0v) is 12.3. The van der Waals surface area contributed by atoms with Crippen molar-refractivity contribution in [1.82, 2.24) is 4.98 Å². The van der Waals surface area contributed by atoms with Crippen molar-refractivity contribution in [2.45, 2.75) is 0 Å². The molecule has 0 unspecified atom stereocenters. The van der Waals surface area contributed by atoms with Crippen LogP contribution in [0.15, 0.2) is 28.2 Å². The molecule has 0 saturated heterocycles. The molecule has 0 fully saturated rings. The summed E-state index contributed by atoms with van der Waals surface area (Å²) in [5.74, 6) is -0.629. The number of nitrogens with zero attached hydrogens (tertiary/aromatic N) is 2. The fourth-order valence-electron chi connectivity index (χ4n) is 1.36. The lowest BCUT2D eigenvalue weighted by Gasteiger charge is -2.03. The highest BCUT2D eigenvalue weighted by molar-refractivity contribution is 9.11. The van der Waals surface area contributed by atoms with E-state index >= 15 is 0 Å². The molecule has 1 N–H and O–H groups in total. The maximum atomic E-state index is 12.0. The third-order valence-electron chi connectivity index (χ3n) is 2.11. The summed E-state index contributed by atoms with van der Waals surface area (Å²) in [5.41, 5.74) is -0.527. The van der Waals surface area contributed by atoms with Crippen molar-refractivity contribution < 1.29 is 9.72 Å². The summed E-state index contributed by atoms with van der Waals surface area (Å²) in [4.78, 5) is 26.1. The Hall–Kier alpha value is -1.51. The van der Waals surface area contributed by atoms with Gasteiger partial charge in [-0.15, -0.1) is 0 Å². The van der Waals surface area contributed by atoms with Gasteiger partial charge in [-0.05, 0) is 28.1 Å². The molecular formula is C10H5BrClN3O3S. The van der Waals surface area contributed by atoms with Crippen LogP contribution in [0.5, 0.6) is 0 Å². The number of hydrogen-bond donors (Lipinski definition) is 1. The number of amides is 1. The van der Waals surface area contributed by atoms with Gasteiger partial charge in [0.25, 0.3) is 5.91 Å². The van der Waals surface area contributed by atoms with Gasteiger partial charge in [0.15, 0.2) is 5.13 Å². The monoisotopic (exact) mass is 361 g/mol. The Balaban J connectivity index is 2.34. The highest BCUT2D eigenvalue weighted by atomic mass is 79.9. The van der Waals surface area contributed by atoms with Gasteiger partial charge in [0.05, 0.1) is 14.9 Å². The van der Waals surface area contributed by atoms with Gasteiger partial charge in [0.1, 0.15) is 10.6 Å². The molecule has 0 aliphatic rings. The molecule has 0 aliphatic carbocycles. The first kappa shape index (κ1) is 13.9. The molecule has 1 heterocycles. The lowest BCUT2D eigenvalue weighted by atomic mass is 10.1. The Kier molecular flexibility index (Phi) is 4.13. The van der Waals surface area contributed by atoms with Crippen molar-refractivity contribution in [3.05, 3.63) is 48.9 Å². The number of nitrogens with one attached hydrogen (secondary N) is 1. The van der Waals surface area contributed by atoms with E-state index in [0.29, 0.717) is 5.13 Å².